The molecule has 0 saturated carbocycles. The molecule has 2 rings (SSSR count). The first-order valence-corrected chi connectivity index (χ1v) is 6.39. The summed E-state index contributed by atoms with van der Waals surface area (Å²) in [6, 6.07) is 8.58. The van der Waals surface area contributed by atoms with Gasteiger partial charge in [0.05, 0.1) is 11.3 Å². The topological polar surface area (TPSA) is 89.0 Å². The van der Waals surface area contributed by atoms with Crippen LogP contribution in [0.5, 0.6) is 11.5 Å². The Hall–Kier alpha value is -2.87. The lowest BCUT2D eigenvalue weighted by Crippen LogP contribution is -2.01. The highest BCUT2D eigenvalue weighted by atomic mass is 16.5. The molecule has 5 heteroatoms. The highest BCUT2D eigenvalue weighted by Crippen LogP contribution is 2.31. The van der Waals surface area contributed by atoms with Gasteiger partial charge in [-0.1, -0.05) is 0 Å². The van der Waals surface area contributed by atoms with E-state index in [0.717, 1.165) is 5.69 Å². The Morgan fingerprint density at radius 1 is 1.29 bits per heavy atom. The standard InChI is InChI=1S/C16H15N3O2/c1-9-6-16(14(8-17)10(2)19-9)21-15-5-4-12(18)7-13(15)11(3)20/h4-7H,18H2,1-3H3. The van der Waals surface area contributed by atoms with Crippen molar-refractivity contribution in [2.75, 3.05) is 5.73 Å². The summed E-state index contributed by atoms with van der Waals surface area (Å²) in [5, 5.41) is 9.23. The lowest BCUT2D eigenvalue weighted by Gasteiger charge is -2.12. The maximum atomic E-state index is 11.7. The molecule has 0 fully saturated rings. The molecule has 0 amide bonds. The first kappa shape index (κ1) is 14.5. The van der Waals surface area contributed by atoms with Gasteiger partial charge < -0.3 is 10.5 Å². The maximum absolute atomic E-state index is 11.7. The highest BCUT2D eigenvalue weighted by molar-refractivity contribution is 5.97. The van der Waals surface area contributed by atoms with Gasteiger partial charge in [-0.3, -0.25) is 9.78 Å². The van der Waals surface area contributed by atoms with Gasteiger partial charge in [-0.25, -0.2) is 0 Å². The number of nitriles is 1. The van der Waals surface area contributed by atoms with Crippen molar-refractivity contribution in [2.24, 2.45) is 0 Å². The molecule has 5 nitrogen and oxygen atoms in total. The predicted octanol–water partition coefficient (Wildman–Crippen LogP) is 3.15. The average molecular weight is 281 g/mol. The summed E-state index contributed by atoms with van der Waals surface area (Å²) in [5.74, 6) is 0.603. The van der Waals surface area contributed by atoms with E-state index in [9.17, 15) is 10.1 Å². The summed E-state index contributed by atoms with van der Waals surface area (Å²) < 4.78 is 5.77. The first-order chi connectivity index (χ1) is 9.92. The molecule has 0 saturated heterocycles. The predicted molar refractivity (Wildman–Crippen MR) is 79.4 cm³/mol. The van der Waals surface area contributed by atoms with E-state index < -0.39 is 0 Å². The fraction of sp³-hybridized carbons (Fsp3) is 0.188. The van der Waals surface area contributed by atoms with Crippen molar-refractivity contribution in [1.82, 2.24) is 4.98 Å². The van der Waals surface area contributed by atoms with Gasteiger partial charge in [0.2, 0.25) is 0 Å². The summed E-state index contributed by atoms with van der Waals surface area (Å²) in [6.45, 7) is 5.00. The molecule has 106 valence electrons. The second-order valence-corrected chi connectivity index (χ2v) is 4.75. The SMILES string of the molecule is CC(=O)c1cc(N)ccc1Oc1cc(C)nc(C)c1C#N. The van der Waals surface area contributed by atoms with Crippen molar-refractivity contribution >= 4 is 11.5 Å². The molecule has 2 N–H and O–H groups in total. The maximum Gasteiger partial charge on any atom is 0.163 e. The Bertz CT molecular complexity index is 761. The summed E-state index contributed by atoms with van der Waals surface area (Å²) in [6.07, 6.45) is 0. The van der Waals surface area contributed by atoms with Crippen molar-refractivity contribution in [3.8, 4) is 17.6 Å². The van der Waals surface area contributed by atoms with Gasteiger partial charge in [0.1, 0.15) is 23.1 Å². The number of carbonyl (C=O) groups is 1. The fourth-order valence-electron chi connectivity index (χ4n) is 2.04. The number of nitrogens with zero attached hydrogens (tertiary/aromatic N) is 2. The van der Waals surface area contributed by atoms with Crippen LogP contribution in [-0.4, -0.2) is 10.8 Å². The third-order valence-corrected chi connectivity index (χ3v) is 3.01. The quantitative estimate of drug-likeness (QED) is 0.689. The van der Waals surface area contributed by atoms with E-state index in [4.69, 9.17) is 10.5 Å². The van der Waals surface area contributed by atoms with Gasteiger partial charge in [0.25, 0.3) is 0 Å². The van der Waals surface area contributed by atoms with E-state index in [1.54, 1.807) is 31.2 Å². The normalized spacial score (nSPS) is 10.0. The molecule has 1 aromatic carbocycles. The molecular formula is C16H15N3O2. The van der Waals surface area contributed by atoms with Gasteiger partial charge >= 0.3 is 0 Å². The number of hydrogen-bond donors (Lipinski definition) is 1. The van der Waals surface area contributed by atoms with Gasteiger partial charge in [-0.05, 0) is 39.0 Å². The number of carbonyl (C=O) groups excluding carboxylic acids is 1. The number of Topliss-reactive ketones (excluding diaryl/α,β-unsaturated/α-hetero) is 1. The second kappa shape index (κ2) is 5.63. The zero-order chi connectivity index (χ0) is 15.6. The number of ether oxygens (including phenoxy) is 1. The molecule has 1 aromatic heterocycles. The fourth-order valence-corrected chi connectivity index (χ4v) is 2.04. The summed E-state index contributed by atoms with van der Waals surface area (Å²) in [5.41, 5.74) is 8.24. The van der Waals surface area contributed by atoms with Crippen molar-refractivity contribution in [3.05, 3.63) is 46.8 Å². The van der Waals surface area contributed by atoms with Crippen LogP contribution in [-0.2, 0) is 0 Å². The van der Waals surface area contributed by atoms with Crippen LogP contribution in [0.4, 0.5) is 5.69 Å². The van der Waals surface area contributed by atoms with E-state index in [0.29, 0.717) is 34.0 Å². The van der Waals surface area contributed by atoms with Crippen LogP contribution in [0, 0.1) is 25.2 Å². The molecule has 0 bridgehead atoms. The van der Waals surface area contributed by atoms with Crippen molar-refractivity contribution in [3.63, 3.8) is 0 Å². The van der Waals surface area contributed by atoms with Gasteiger partial charge in [0, 0.05) is 17.4 Å². The number of nitrogen functional groups attached to an aromatic ring is 1. The molecule has 0 aliphatic carbocycles. The largest absolute Gasteiger partial charge is 0.455 e. The zero-order valence-corrected chi connectivity index (χ0v) is 12.1. The van der Waals surface area contributed by atoms with E-state index in [1.807, 2.05) is 6.92 Å². The average Bonchev–Trinajstić information content (AvgIpc) is 2.40. The van der Waals surface area contributed by atoms with E-state index >= 15 is 0 Å². The van der Waals surface area contributed by atoms with Crippen LogP contribution in [0.1, 0.15) is 34.2 Å². The van der Waals surface area contributed by atoms with Gasteiger partial charge in [-0.15, -0.1) is 0 Å². The van der Waals surface area contributed by atoms with E-state index in [1.165, 1.54) is 6.92 Å². The summed E-state index contributed by atoms with van der Waals surface area (Å²) in [7, 11) is 0. The number of anilines is 1. The molecule has 1 heterocycles. The molecule has 0 atom stereocenters. The molecule has 0 spiro atoms. The van der Waals surface area contributed by atoms with E-state index in [2.05, 4.69) is 11.1 Å². The third kappa shape index (κ3) is 3.00. The molecule has 0 aliphatic heterocycles. The van der Waals surface area contributed by atoms with Crippen LogP contribution >= 0.6 is 0 Å². The van der Waals surface area contributed by atoms with Crippen molar-refractivity contribution in [2.45, 2.75) is 20.8 Å². The van der Waals surface area contributed by atoms with Crippen LogP contribution in [0.25, 0.3) is 0 Å². The van der Waals surface area contributed by atoms with E-state index in [-0.39, 0.29) is 5.78 Å². The molecule has 0 aliphatic rings. The number of benzene rings is 1. The molecule has 21 heavy (non-hydrogen) atoms. The molecule has 0 unspecified atom stereocenters. The monoisotopic (exact) mass is 281 g/mol. The first-order valence-electron chi connectivity index (χ1n) is 6.39. The Morgan fingerprint density at radius 2 is 2.00 bits per heavy atom. The van der Waals surface area contributed by atoms with Crippen molar-refractivity contribution in [1.29, 1.82) is 5.26 Å². The smallest absolute Gasteiger partial charge is 0.163 e. The summed E-state index contributed by atoms with van der Waals surface area (Å²) >= 11 is 0. The number of rotatable bonds is 3. The lowest BCUT2D eigenvalue weighted by molar-refractivity contribution is 0.101. The summed E-state index contributed by atoms with van der Waals surface area (Å²) in [4.78, 5) is 15.9. The highest BCUT2D eigenvalue weighted by Gasteiger charge is 2.14. The molecular weight excluding hydrogens is 266 g/mol. The Kier molecular flexibility index (Phi) is 3.90. The van der Waals surface area contributed by atoms with Crippen molar-refractivity contribution < 1.29 is 9.53 Å². The number of pyridine rings is 1. The number of hydrogen-bond acceptors (Lipinski definition) is 5. The second-order valence-electron chi connectivity index (χ2n) is 4.75. The lowest BCUT2D eigenvalue weighted by atomic mass is 10.1. The Balaban J connectivity index is 2.53. The van der Waals surface area contributed by atoms with Crippen LogP contribution in [0.2, 0.25) is 0 Å². The van der Waals surface area contributed by atoms with Crippen LogP contribution < -0.4 is 10.5 Å². The Morgan fingerprint density at radius 3 is 2.62 bits per heavy atom. The Labute approximate surface area is 123 Å². The molecule has 0 radical (unpaired) electrons. The minimum atomic E-state index is -0.154. The number of aryl methyl sites for hydroxylation is 2. The third-order valence-electron chi connectivity index (χ3n) is 3.01. The number of nitrogens with two attached hydrogens (primary N) is 1. The van der Waals surface area contributed by atoms with Crippen LogP contribution in [0.3, 0.4) is 0 Å². The van der Waals surface area contributed by atoms with Crippen LogP contribution in [0.15, 0.2) is 24.3 Å². The number of ketones is 1. The zero-order valence-electron chi connectivity index (χ0n) is 12.1. The minimum absolute atomic E-state index is 0.154. The molecule has 2 aromatic rings. The number of aromatic nitrogens is 1. The minimum Gasteiger partial charge on any atom is -0.455 e. The van der Waals surface area contributed by atoms with Gasteiger partial charge in [0.15, 0.2) is 5.78 Å². The van der Waals surface area contributed by atoms with Gasteiger partial charge in [-0.2, -0.15) is 5.26 Å².